The molecule has 4 heterocycles. The molecule has 2 aromatic rings. The number of nitrogens with one attached hydrogen (secondary N) is 2. The summed E-state index contributed by atoms with van der Waals surface area (Å²) in [4.78, 5) is 24.6. The van der Waals surface area contributed by atoms with Gasteiger partial charge in [-0.2, -0.15) is 0 Å². The van der Waals surface area contributed by atoms with E-state index in [1.54, 1.807) is 12.5 Å². The minimum absolute atomic E-state index is 0.0377. The third kappa shape index (κ3) is 4.40. The molecule has 0 spiro atoms. The van der Waals surface area contributed by atoms with Crippen LogP contribution in [-0.4, -0.2) is 59.7 Å². The van der Waals surface area contributed by atoms with E-state index in [1.807, 2.05) is 24.0 Å². The molecule has 1 aromatic carbocycles. The lowest BCUT2D eigenvalue weighted by atomic mass is 9.73. The minimum Gasteiger partial charge on any atom is -0.494 e. The molecule has 7 heteroatoms. The van der Waals surface area contributed by atoms with E-state index in [9.17, 15) is 4.79 Å². The standard InChI is InChI=1S/C23H33N5O2/c1-4-30-20-7-5-19(6-8-20)28-14-17-11-23(2,3)21(28)15-27(13-17)22(29)25-10-9-18-12-24-16-26-18/h5-8,12,16-17,21H,4,9-11,13-15H2,1-3H3,(H,24,26)(H,25,29)/t17-,21-/m1/s1. The molecule has 0 radical (unpaired) electrons. The number of aromatic nitrogens is 2. The number of urea groups is 1. The topological polar surface area (TPSA) is 73.5 Å². The van der Waals surface area contributed by atoms with Crippen molar-refractivity contribution >= 4 is 11.7 Å². The second kappa shape index (κ2) is 8.58. The fourth-order valence-electron chi connectivity index (χ4n) is 5.02. The Morgan fingerprint density at radius 1 is 1.27 bits per heavy atom. The maximum Gasteiger partial charge on any atom is 0.317 e. The highest BCUT2D eigenvalue weighted by molar-refractivity contribution is 5.74. The van der Waals surface area contributed by atoms with Crippen molar-refractivity contribution in [1.29, 1.82) is 0 Å². The molecular weight excluding hydrogens is 378 g/mol. The van der Waals surface area contributed by atoms with Gasteiger partial charge in [0.2, 0.25) is 0 Å². The molecule has 2 N–H and O–H groups in total. The molecule has 3 saturated heterocycles. The highest BCUT2D eigenvalue weighted by atomic mass is 16.5. The Balaban J connectivity index is 1.45. The van der Waals surface area contributed by atoms with Gasteiger partial charge in [-0.25, -0.2) is 9.78 Å². The van der Waals surface area contributed by atoms with Crippen molar-refractivity contribution in [3.05, 3.63) is 42.5 Å². The smallest absolute Gasteiger partial charge is 0.317 e. The number of H-pyrrole nitrogens is 1. The van der Waals surface area contributed by atoms with Gasteiger partial charge in [0.25, 0.3) is 0 Å². The van der Waals surface area contributed by atoms with E-state index in [2.05, 4.69) is 46.2 Å². The zero-order valence-corrected chi connectivity index (χ0v) is 18.2. The van der Waals surface area contributed by atoms with Crippen molar-refractivity contribution in [3.63, 3.8) is 0 Å². The number of hydrogen-bond donors (Lipinski definition) is 2. The van der Waals surface area contributed by atoms with Crippen LogP contribution in [0.1, 0.15) is 32.9 Å². The van der Waals surface area contributed by atoms with Crippen LogP contribution in [0.5, 0.6) is 5.75 Å². The lowest BCUT2D eigenvalue weighted by Crippen LogP contribution is -2.54. The summed E-state index contributed by atoms with van der Waals surface area (Å²) >= 11 is 0. The molecule has 3 aliphatic heterocycles. The number of imidazole rings is 1. The molecular formula is C23H33N5O2. The molecule has 3 fully saturated rings. The second-order valence-electron chi connectivity index (χ2n) is 9.12. The van der Waals surface area contributed by atoms with Crippen LogP contribution in [0.2, 0.25) is 0 Å². The maximum absolute atomic E-state index is 12.9. The molecule has 162 valence electrons. The molecule has 2 bridgehead atoms. The summed E-state index contributed by atoms with van der Waals surface area (Å²) in [7, 11) is 0. The first kappa shape index (κ1) is 20.6. The first-order valence-corrected chi connectivity index (χ1v) is 11.0. The third-order valence-electron chi connectivity index (χ3n) is 6.41. The van der Waals surface area contributed by atoms with Crippen LogP contribution < -0.4 is 15.0 Å². The summed E-state index contributed by atoms with van der Waals surface area (Å²) in [5.74, 6) is 1.36. The summed E-state index contributed by atoms with van der Waals surface area (Å²) in [6.07, 6.45) is 5.37. The van der Waals surface area contributed by atoms with Crippen LogP contribution in [0, 0.1) is 11.3 Å². The molecule has 5 rings (SSSR count). The molecule has 7 nitrogen and oxygen atoms in total. The van der Waals surface area contributed by atoms with Crippen LogP contribution in [0.15, 0.2) is 36.8 Å². The monoisotopic (exact) mass is 411 g/mol. The van der Waals surface area contributed by atoms with E-state index in [0.29, 0.717) is 19.1 Å². The SMILES string of the molecule is CCOc1ccc(N2C[C@H]3CN(C(=O)NCCc4cnc[nH]4)C[C@@H]2C(C)(C)C3)cc1. The van der Waals surface area contributed by atoms with Gasteiger partial charge in [-0.05, 0) is 48.9 Å². The number of fused-ring (bicyclic) bond motifs is 4. The predicted molar refractivity (Wildman–Crippen MR) is 118 cm³/mol. The maximum atomic E-state index is 12.9. The van der Waals surface area contributed by atoms with E-state index in [0.717, 1.165) is 43.9 Å². The fraction of sp³-hybridized carbons (Fsp3) is 0.565. The van der Waals surface area contributed by atoms with Crippen molar-refractivity contribution < 1.29 is 9.53 Å². The normalized spacial score (nSPS) is 22.6. The third-order valence-corrected chi connectivity index (χ3v) is 6.41. The molecule has 0 unspecified atom stereocenters. The highest BCUT2D eigenvalue weighted by Gasteiger charge is 2.46. The number of carbonyl (C=O) groups excluding carboxylic acids is 1. The average Bonchev–Trinajstić information content (AvgIpc) is 3.10. The summed E-state index contributed by atoms with van der Waals surface area (Å²) in [5, 5.41) is 3.09. The van der Waals surface area contributed by atoms with Crippen molar-refractivity contribution in [2.75, 3.05) is 37.7 Å². The molecule has 0 aliphatic carbocycles. The minimum atomic E-state index is 0.0377. The Labute approximate surface area is 178 Å². The lowest BCUT2D eigenvalue weighted by Gasteiger charge is -2.48. The largest absolute Gasteiger partial charge is 0.494 e. The van der Waals surface area contributed by atoms with Gasteiger partial charge < -0.3 is 24.8 Å². The number of carbonyl (C=O) groups is 1. The van der Waals surface area contributed by atoms with E-state index in [4.69, 9.17) is 4.74 Å². The number of ether oxygens (including phenoxy) is 1. The Kier molecular flexibility index (Phi) is 5.88. The number of anilines is 1. The number of nitrogens with zero attached hydrogens (tertiary/aromatic N) is 3. The van der Waals surface area contributed by atoms with Gasteiger partial charge in [0, 0.05) is 50.2 Å². The summed E-state index contributed by atoms with van der Waals surface area (Å²) in [6, 6.07) is 8.71. The Bertz CT molecular complexity index is 834. The van der Waals surface area contributed by atoms with Crippen molar-refractivity contribution in [1.82, 2.24) is 20.2 Å². The highest BCUT2D eigenvalue weighted by Crippen LogP contribution is 2.43. The summed E-state index contributed by atoms with van der Waals surface area (Å²) in [5.41, 5.74) is 2.39. The van der Waals surface area contributed by atoms with Crippen LogP contribution >= 0.6 is 0 Å². The Hall–Kier alpha value is -2.70. The first-order chi connectivity index (χ1) is 14.5. The zero-order chi connectivity index (χ0) is 21.1. The zero-order valence-electron chi connectivity index (χ0n) is 18.2. The van der Waals surface area contributed by atoms with Crippen LogP contribution in [-0.2, 0) is 6.42 Å². The number of rotatable bonds is 6. The number of benzene rings is 1. The van der Waals surface area contributed by atoms with Crippen molar-refractivity contribution in [3.8, 4) is 5.75 Å². The quantitative estimate of drug-likeness (QED) is 0.765. The predicted octanol–water partition coefficient (Wildman–Crippen LogP) is 3.30. The van der Waals surface area contributed by atoms with Gasteiger partial charge in [-0.15, -0.1) is 0 Å². The van der Waals surface area contributed by atoms with Gasteiger partial charge in [0.05, 0.1) is 19.0 Å². The van der Waals surface area contributed by atoms with Gasteiger partial charge in [-0.1, -0.05) is 13.8 Å². The molecule has 3 aliphatic rings. The van der Waals surface area contributed by atoms with Gasteiger partial charge >= 0.3 is 6.03 Å². The first-order valence-electron chi connectivity index (χ1n) is 11.0. The van der Waals surface area contributed by atoms with Gasteiger partial charge in [0.1, 0.15) is 5.75 Å². The van der Waals surface area contributed by atoms with Crippen LogP contribution in [0.3, 0.4) is 0 Å². The number of hydrogen-bond acceptors (Lipinski definition) is 4. The molecule has 2 amide bonds. The molecule has 0 saturated carbocycles. The molecule has 1 aromatic heterocycles. The molecule has 30 heavy (non-hydrogen) atoms. The summed E-state index contributed by atoms with van der Waals surface area (Å²) in [6.45, 7) is 10.5. The van der Waals surface area contributed by atoms with E-state index >= 15 is 0 Å². The van der Waals surface area contributed by atoms with Crippen LogP contribution in [0.25, 0.3) is 0 Å². The number of amides is 2. The van der Waals surface area contributed by atoms with Gasteiger partial charge in [0.15, 0.2) is 0 Å². The van der Waals surface area contributed by atoms with Crippen LogP contribution in [0.4, 0.5) is 10.5 Å². The van der Waals surface area contributed by atoms with E-state index in [-0.39, 0.29) is 17.5 Å². The number of piperidine rings is 1. The molecule has 2 atom stereocenters. The lowest BCUT2D eigenvalue weighted by molar-refractivity contribution is 0.187. The van der Waals surface area contributed by atoms with Crippen molar-refractivity contribution in [2.45, 2.75) is 39.7 Å². The number of aromatic amines is 1. The van der Waals surface area contributed by atoms with E-state index in [1.165, 1.54) is 5.69 Å². The average molecular weight is 412 g/mol. The Morgan fingerprint density at radius 3 is 2.77 bits per heavy atom. The van der Waals surface area contributed by atoms with Crippen molar-refractivity contribution in [2.24, 2.45) is 11.3 Å². The van der Waals surface area contributed by atoms with Gasteiger partial charge in [-0.3, -0.25) is 0 Å². The Morgan fingerprint density at radius 2 is 2.07 bits per heavy atom. The van der Waals surface area contributed by atoms with E-state index < -0.39 is 0 Å². The fourth-order valence-corrected chi connectivity index (χ4v) is 5.02. The summed E-state index contributed by atoms with van der Waals surface area (Å²) < 4.78 is 5.60. The second-order valence-corrected chi connectivity index (χ2v) is 9.12.